The molecule has 2 nitrogen and oxygen atoms in total. The Hall–Kier alpha value is -2.29. The second-order valence-electron chi connectivity index (χ2n) is 4.50. The van der Waals surface area contributed by atoms with Crippen molar-refractivity contribution in [3.05, 3.63) is 65.7 Å². The fourth-order valence-electron chi connectivity index (χ4n) is 1.99. The fraction of sp³-hybridized carbons (Fsp3) is 0.125. The third kappa shape index (κ3) is 2.60. The third-order valence-electron chi connectivity index (χ3n) is 2.90. The molecule has 19 heavy (non-hydrogen) atoms. The molecule has 0 aliphatic carbocycles. The summed E-state index contributed by atoms with van der Waals surface area (Å²) < 4.78 is 24.2. The van der Waals surface area contributed by atoms with Gasteiger partial charge in [-0.1, -0.05) is 12.1 Å². The van der Waals surface area contributed by atoms with E-state index in [4.69, 9.17) is 9.15 Å². The highest BCUT2D eigenvalue weighted by atomic mass is 19.1. The third-order valence-corrected chi connectivity index (χ3v) is 2.90. The van der Waals surface area contributed by atoms with Crippen molar-refractivity contribution in [2.45, 2.75) is 13.5 Å². The summed E-state index contributed by atoms with van der Waals surface area (Å²) >= 11 is 0. The van der Waals surface area contributed by atoms with Crippen LogP contribution in [0, 0.1) is 12.7 Å². The monoisotopic (exact) mass is 256 g/mol. The molecule has 0 N–H and O–H groups in total. The smallest absolute Gasteiger partial charge is 0.146 e. The minimum atomic E-state index is -0.298. The predicted octanol–water partition coefficient (Wildman–Crippen LogP) is 4.46. The molecule has 0 unspecified atom stereocenters. The van der Waals surface area contributed by atoms with Crippen LogP contribution in [0.4, 0.5) is 4.39 Å². The van der Waals surface area contributed by atoms with Crippen LogP contribution in [-0.2, 0) is 6.61 Å². The van der Waals surface area contributed by atoms with Gasteiger partial charge in [0.05, 0.1) is 0 Å². The molecule has 3 aromatic rings. The van der Waals surface area contributed by atoms with Crippen LogP contribution in [0.1, 0.15) is 11.3 Å². The van der Waals surface area contributed by atoms with E-state index in [0.29, 0.717) is 18.0 Å². The van der Waals surface area contributed by atoms with Crippen molar-refractivity contribution in [3.8, 4) is 5.75 Å². The highest BCUT2D eigenvalue weighted by Crippen LogP contribution is 2.22. The number of furan rings is 1. The molecular weight excluding hydrogens is 243 g/mol. The first kappa shape index (κ1) is 11.8. The van der Waals surface area contributed by atoms with E-state index in [-0.39, 0.29) is 5.82 Å². The Bertz CT molecular complexity index is 716. The summed E-state index contributed by atoms with van der Waals surface area (Å²) in [6, 6.07) is 14.2. The second kappa shape index (κ2) is 4.76. The topological polar surface area (TPSA) is 22.4 Å². The van der Waals surface area contributed by atoms with Gasteiger partial charge in [0.25, 0.3) is 0 Å². The van der Waals surface area contributed by atoms with E-state index < -0.39 is 0 Å². The molecule has 0 saturated heterocycles. The molecule has 0 spiro atoms. The Kier molecular flexibility index (Phi) is 2.95. The van der Waals surface area contributed by atoms with E-state index in [1.54, 1.807) is 6.07 Å². The molecule has 2 aromatic carbocycles. The van der Waals surface area contributed by atoms with Gasteiger partial charge in [0.1, 0.15) is 29.5 Å². The Labute approximate surface area is 110 Å². The molecule has 3 heteroatoms. The average Bonchev–Trinajstić information content (AvgIpc) is 2.78. The normalized spacial score (nSPS) is 10.8. The quantitative estimate of drug-likeness (QED) is 0.690. The molecule has 0 bridgehead atoms. The highest BCUT2D eigenvalue weighted by Gasteiger charge is 2.05. The van der Waals surface area contributed by atoms with Gasteiger partial charge in [0, 0.05) is 11.5 Å². The second-order valence-corrected chi connectivity index (χ2v) is 4.50. The lowest BCUT2D eigenvalue weighted by Crippen LogP contribution is -1.93. The van der Waals surface area contributed by atoms with Crippen LogP contribution in [0.5, 0.6) is 5.75 Å². The van der Waals surface area contributed by atoms with Crippen LogP contribution in [0.25, 0.3) is 11.0 Å². The summed E-state index contributed by atoms with van der Waals surface area (Å²) in [4.78, 5) is 0. The number of halogens is 1. The molecule has 0 saturated carbocycles. The van der Waals surface area contributed by atoms with Crippen molar-refractivity contribution < 1.29 is 13.5 Å². The summed E-state index contributed by atoms with van der Waals surface area (Å²) in [5.74, 6) is 1.18. The number of hydrogen-bond acceptors (Lipinski definition) is 2. The Balaban J connectivity index is 1.78. The molecule has 0 aliphatic rings. The number of rotatable bonds is 3. The van der Waals surface area contributed by atoms with Crippen LogP contribution >= 0.6 is 0 Å². The number of aryl methyl sites for hydroxylation is 1. The lowest BCUT2D eigenvalue weighted by Gasteiger charge is -2.04. The van der Waals surface area contributed by atoms with Crippen molar-refractivity contribution in [1.29, 1.82) is 0 Å². The van der Waals surface area contributed by atoms with Gasteiger partial charge >= 0.3 is 0 Å². The van der Waals surface area contributed by atoms with Crippen LogP contribution in [0.3, 0.4) is 0 Å². The molecular formula is C16H13FO2. The van der Waals surface area contributed by atoms with E-state index in [1.165, 1.54) is 12.1 Å². The van der Waals surface area contributed by atoms with Gasteiger partial charge in [-0.25, -0.2) is 4.39 Å². The molecule has 0 radical (unpaired) electrons. The number of benzene rings is 2. The molecule has 1 aromatic heterocycles. The molecule has 96 valence electrons. The van der Waals surface area contributed by atoms with Gasteiger partial charge in [-0.15, -0.1) is 0 Å². The van der Waals surface area contributed by atoms with Crippen LogP contribution < -0.4 is 4.74 Å². The van der Waals surface area contributed by atoms with Gasteiger partial charge in [-0.2, -0.15) is 0 Å². The highest BCUT2D eigenvalue weighted by molar-refractivity contribution is 5.77. The number of ether oxygens (including phenoxy) is 1. The Morgan fingerprint density at radius 3 is 2.84 bits per heavy atom. The minimum Gasteiger partial charge on any atom is -0.486 e. The largest absolute Gasteiger partial charge is 0.486 e. The summed E-state index contributed by atoms with van der Waals surface area (Å²) in [6.45, 7) is 2.34. The zero-order valence-electron chi connectivity index (χ0n) is 10.5. The van der Waals surface area contributed by atoms with Crippen LogP contribution in [0.2, 0.25) is 0 Å². The van der Waals surface area contributed by atoms with Crippen molar-refractivity contribution in [1.82, 2.24) is 0 Å². The molecule has 0 atom stereocenters. The first-order valence-corrected chi connectivity index (χ1v) is 6.08. The molecule has 3 rings (SSSR count). The Morgan fingerprint density at radius 1 is 1.11 bits per heavy atom. The minimum absolute atomic E-state index is 0.298. The molecule has 0 amide bonds. The lowest BCUT2D eigenvalue weighted by atomic mass is 10.2. The zero-order valence-corrected chi connectivity index (χ0v) is 10.5. The molecule has 0 aliphatic heterocycles. The van der Waals surface area contributed by atoms with Gasteiger partial charge in [-0.3, -0.25) is 0 Å². The van der Waals surface area contributed by atoms with E-state index in [2.05, 4.69) is 0 Å². The van der Waals surface area contributed by atoms with E-state index in [9.17, 15) is 4.39 Å². The van der Waals surface area contributed by atoms with Crippen molar-refractivity contribution in [2.24, 2.45) is 0 Å². The fourth-order valence-corrected chi connectivity index (χ4v) is 1.99. The Morgan fingerprint density at radius 2 is 2.00 bits per heavy atom. The van der Waals surface area contributed by atoms with Crippen LogP contribution in [-0.4, -0.2) is 0 Å². The standard InChI is InChI=1S/C16H13FO2/c1-11-3-2-4-14(7-11)18-10-15-8-12-5-6-13(17)9-16(12)19-15/h2-9H,10H2,1H3. The van der Waals surface area contributed by atoms with Crippen molar-refractivity contribution in [3.63, 3.8) is 0 Å². The van der Waals surface area contributed by atoms with E-state index in [0.717, 1.165) is 16.7 Å². The van der Waals surface area contributed by atoms with Crippen molar-refractivity contribution >= 4 is 11.0 Å². The number of hydrogen-bond donors (Lipinski definition) is 0. The maximum atomic E-state index is 13.0. The summed E-state index contributed by atoms with van der Waals surface area (Å²) in [5.41, 5.74) is 1.69. The SMILES string of the molecule is Cc1cccc(OCc2cc3ccc(F)cc3o2)c1. The summed E-state index contributed by atoms with van der Waals surface area (Å²) in [7, 11) is 0. The van der Waals surface area contributed by atoms with Gasteiger partial charge in [0.15, 0.2) is 0 Å². The van der Waals surface area contributed by atoms with Gasteiger partial charge in [0.2, 0.25) is 0 Å². The first-order valence-electron chi connectivity index (χ1n) is 6.08. The van der Waals surface area contributed by atoms with Crippen LogP contribution in [0.15, 0.2) is 52.9 Å². The summed E-state index contributed by atoms with van der Waals surface area (Å²) in [5, 5.41) is 0.879. The maximum absolute atomic E-state index is 13.0. The molecule has 0 fully saturated rings. The lowest BCUT2D eigenvalue weighted by molar-refractivity contribution is 0.274. The first-order chi connectivity index (χ1) is 9.20. The van der Waals surface area contributed by atoms with E-state index in [1.807, 2.05) is 37.3 Å². The summed E-state index contributed by atoms with van der Waals surface area (Å²) in [6.07, 6.45) is 0. The predicted molar refractivity (Wildman–Crippen MR) is 71.7 cm³/mol. The number of fused-ring (bicyclic) bond motifs is 1. The molecule has 1 heterocycles. The van der Waals surface area contributed by atoms with Gasteiger partial charge < -0.3 is 9.15 Å². The van der Waals surface area contributed by atoms with Gasteiger partial charge in [-0.05, 0) is 42.8 Å². The zero-order chi connectivity index (χ0) is 13.2. The van der Waals surface area contributed by atoms with E-state index >= 15 is 0 Å². The average molecular weight is 256 g/mol. The maximum Gasteiger partial charge on any atom is 0.146 e. The van der Waals surface area contributed by atoms with Crippen molar-refractivity contribution in [2.75, 3.05) is 0 Å².